The van der Waals surface area contributed by atoms with Crippen LogP contribution in [-0.2, 0) is 18.9 Å². The highest BCUT2D eigenvalue weighted by Gasteiger charge is 2.17. The van der Waals surface area contributed by atoms with E-state index in [-0.39, 0.29) is 22.7 Å². The molecule has 140 valence electrons. The second-order valence-corrected chi connectivity index (χ2v) is 7.22. The summed E-state index contributed by atoms with van der Waals surface area (Å²) in [7, 11) is 2.93. The van der Waals surface area contributed by atoms with Crippen LogP contribution in [-0.4, -0.2) is 30.8 Å². The lowest BCUT2D eigenvalue weighted by Gasteiger charge is -2.10. The number of aryl methyl sites for hydroxylation is 2. The van der Waals surface area contributed by atoms with Gasteiger partial charge in [0.25, 0.3) is 5.56 Å². The highest BCUT2D eigenvalue weighted by molar-refractivity contribution is 8.00. The van der Waals surface area contributed by atoms with Crippen LogP contribution >= 0.6 is 23.4 Å². The molecule has 0 saturated carbocycles. The Labute approximate surface area is 163 Å². The Morgan fingerprint density at radius 3 is 2.48 bits per heavy atom. The Balaban J connectivity index is 1.91. The highest BCUT2D eigenvalue weighted by Crippen LogP contribution is 2.22. The minimum atomic E-state index is -0.492. The first-order valence-electron chi connectivity index (χ1n) is 7.90. The molecule has 0 saturated heterocycles. The van der Waals surface area contributed by atoms with E-state index in [1.165, 1.54) is 18.7 Å². The van der Waals surface area contributed by atoms with Gasteiger partial charge in [-0.05, 0) is 31.2 Å². The van der Waals surface area contributed by atoms with Gasteiger partial charge in [0.2, 0.25) is 5.91 Å². The Bertz CT molecular complexity index is 1150. The van der Waals surface area contributed by atoms with Crippen molar-refractivity contribution in [2.24, 2.45) is 14.1 Å². The zero-order valence-electron chi connectivity index (χ0n) is 14.8. The molecule has 0 bridgehead atoms. The second-order valence-electron chi connectivity index (χ2n) is 5.82. The summed E-state index contributed by atoms with van der Waals surface area (Å²) in [5.41, 5.74) is -0.0982. The lowest BCUT2D eigenvalue weighted by Crippen LogP contribution is -2.37. The number of fused-ring (bicyclic) bond motifs is 1. The zero-order chi connectivity index (χ0) is 19.7. The fourth-order valence-corrected chi connectivity index (χ4v) is 3.49. The predicted molar refractivity (Wildman–Crippen MR) is 106 cm³/mol. The summed E-state index contributed by atoms with van der Waals surface area (Å²) in [5, 5.41) is 3.90. The predicted octanol–water partition coefficient (Wildman–Crippen LogP) is 1.72. The third-order valence-corrected chi connectivity index (χ3v) is 5.07. The van der Waals surface area contributed by atoms with Gasteiger partial charge in [-0.1, -0.05) is 23.4 Å². The Kier molecular flexibility index (Phi) is 5.33. The minimum absolute atomic E-state index is 0.0418. The van der Waals surface area contributed by atoms with Gasteiger partial charge >= 0.3 is 5.69 Å². The molecule has 0 unspecified atom stereocenters. The number of thioether (sulfide) groups is 1. The number of nitrogens with zero attached hydrogens (tertiary/aromatic N) is 4. The first-order chi connectivity index (χ1) is 12.8. The Morgan fingerprint density at radius 1 is 1.15 bits per heavy atom. The molecule has 10 heteroatoms. The van der Waals surface area contributed by atoms with Crippen molar-refractivity contribution in [1.82, 2.24) is 19.1 Å². The fourth-order valence-electron chi connectivity index (χ4n) is 2.50. The maximum atomic E-state index is 12.5. The average molecular weight is 406 g/mol. The van der Waals surface area contributed by atoms with Crippen molar-refractivity contribution >= 4 is 46.0 Å². The van der Waals surface area contributed by atoms with Crippen LogP contribution in [0.2, 0.25) is 5.02 Å². The number of aromatic nitrogens is 4. The molecule has 0 atom stereocenters. The summed E-state index contributed by atoms with van der Waals surface area (Å²) < 4.78 is 2.29. The lowest BCUT2D eigenvalue weighted by molar-refractivity contribution is -0.113. The van der Waals surface area contributed by atoms with Crippen molar-refractivity contribution in [2.45, 2.75) is 11.9 Å². The second kappa shape index (κ2) is 7.53. The van der Waals surface area contributed by atoms with Crippen molar-refractivity contribution in [3.05, 3.63) is 56.0 Å². The largest absolute Gasteiger partial charge is 0.332 e. The van der Waals surface area contributed by atoms with Gasteiger partial charge in [0.05, 0.1) is 5.75 Å². The van der Waals surface area contributed by atoms with Crippen LogP contribution in [0.5, 0.6) is 0 Å². The molecule has 0 aliphatic heterocycles. The first-order valence-corrected chi connectivity index (χ1v) is 9.27. The van der Waals surface area contributed by atoms with E-state index in [1.54, 1.807) is 31.2 Å². The molecule has 0 fully saturated rings. The summed E-state index contributed by atoms with van der Waals surface area (Å²) >= 11 is 6.94. The monoisotopic (exact) mass is 405 g/mol. The minimum Gasteiger partial charge on any atom is -0.325 e. The number of rotatable bonds is 4. The zero-order valence-corrected chi connectivity index (χ0v) is 16.4. The lowest BCUT2D eigenvalue weighted by atomic mass is 10.3. The van der Waals surface area contributed by atoms with Crippen molar-refractivity contribution in [3.8, 4) is 0 Å². The summed E-state index contributed by atoms with van der Waals surface area (Å²) in [6.07, 6.45) is 0. The Morgan fingerprint density at radius 2 is 1.81 bits per heavy atom. The van der Waals surface area contributed by atoms with Gasteiger partial charge in [0.15, 0.2) is 5.65 Å². The van der Waals surface area contributed by atoms with Gasteiger partial charge in [0.1, 0.15) is 16.2 Å². The topological polar surface area (TPSA) is 98.9 Å². The molecule has 1 aromatic carbocycles. The highest BCUT2D eigenvalue weighted by atomic mass is 35.5. The maximum absolute atomic E-state index is 12.5. The molecule has 1 N–H and O–H groups in total. The molecular formula is C17H16ClN5O3S. The average Bonchev–Trinajstić information content (AvgIpc) is 2.64. The molecule has 2 aromatic heterocycles. The first kappa shape index (κ1) is 19.1. The number of carbonyl (C=O) groups is 1. The molecule has 0 aliphatic carbocycles. The van der Waals surface area contributed by atoms with Crippen LogP contribution in [0, 0.1) is 6.92 Å². The van der Waals surface area contributed by atoms with Crippen LogP contribution in [0.4, 0.5) is 5.69 Å². The number of hydrogen-bond donors (Lipinski definition) is 1. The van der Waals surface area contributed by atoms with Gasteiger partial charge in [-0.25, -0.2) is 14.8 Å². The molecule has 8 nitrogen and oxygen atoms in total. The molecule has 0 spiro atoms. The van der Waals surface area contributed by atoms with E-state index in [1.807, 2.05) is 0 Å². The number of halogens is 1. The third-order valence-electron chi connectivity index (χ3n) is 3.85. The number of carbonyl (C=O) groups excluding carboxylic acids is 1. The molecule has 1 amide bonds. The smallest absolute Gasteiger partial charge is 0.325 e. The molecule has 2 heterocycles. The van der Waals surface area contributed by atoms with Gasteiger partial charge in [-0.2, -0.15) is 0 Å². The van der Waals surface area contributed by atoms with Crippen molar-refractivity contribution in [1.29, 1.82) is 0 Å². The molecule has 0 aliphatic rings. The third kappa shape index (κ3) is 3.88. The van der Waals surface area contributed by atoms with E-state index in [0.717, 1.165) is 16.3 Å². The van der Waals surface area contributed by atoms with Crippen LogP contribution in [0.25, 0.3) is 11.0 Å². The van der Waals surface area contributed by atoms with E-state index < -0.39 is 11.2 Å². The van der Waals surface area contributed by atoms with E-state index in [0.29, 0.717) is 21.6 Å². The fraction of sp³-hybridized carbons (Fsp3) is 0.235. The molecule has 27 heavy (non-hydrogen) atoms. The summed E-state index contributed by atoms with van der Waals surface area (Å²) in [6, 6.07) is 6.74. The Hall–Kier alpha value is -2.65. The quantitative estimate of drug-likeness (QED) is 0.524. The van der Waals surface area contributed by atoms with Crippen molar-refractivity contribution in [3.63, 3.8) is 0 Å². The van der Waals surface area contributed by atoms with E-state index in [4.69, 9.17) is 11.6 Å². The van der Waals surface area contributed by atoms with Gasteiger partial charge in [0, 0.05) is 24.8 Å². The number of anilines is 1. The standard InChI is InChI=1S/C17H16ClN5O3S/c1-9-19-14-13(16(25)23(3)17(26)22(14)2)15(20-9)27-8-12(24)21-11-6-4-10(18)5-7-11/h4-7H,8H2,1-3H3,(H,21,24). The van der Waals surface area contributed by atoms with Gasteiger partial charge in [-0.3, -0.25) is 18.7 Å². The van der Waals surface area contributed by atoms with Crippen LogP contribution in [0.3, 0.4) is 0 Å². The van der Waals surface area contributed by atoms with Crippen LogP contribution in [0.15, 0.2) is 38.9 Å². The SMILES string of the molecule is Cc1nc(SCC(=O)Nc2ccc(Cl)cc2)c2c(=O)n(C)c(=O)n(C)c2n1. The summed E-state index contributed by atoms with van der Waals surface area (Å²) in [4.78, 5) is 45.4. The van der Waals surface area contributed by atoms with E-state index >= 15 is 0 Å². The number of amides is 1. The molecule has 3 aromatic rings. The summed E-state index contributed by atoms with van der Waals surface area (Å²) in [6.45, 7) is 1.67. The van der Waals surface area contributed by atoms with Crippen LogP contribution < -0.4 is 16.6 Å². The maximum Gasteiger partial charge on any atom is 0.332 e. The molecule has 3 rings (SSSR count). The van der Waals surface area contributed by atoms with E-state index in [2.05, 4.69) is 15.3 Å². The van der Waals surface area contributed by atoms with Gasteiger partial charge in [-0.15, -0.1) is 0 Å². The normalized spacial score (nSPS) is 11.0. The number of benzene rings is 1. The number of nitrogens with one attached hydrogen (secondary N) is 1. The number of hydrogen-bond acceptors (Lipinski definition) is 6. The summed E-state index contributed by atoms with van der Waals surface area (Å²) in [5.74, 6) is 0.194. The van der Waals surface area contributed by atoms with E-state index in [9.17, 15) is 14.4 Å². The molecular weight excluding hydrogens is 390 g/mol. The van der Waals surface area contributed by atoms with Crippen molar-refractivity contribution in [2.75, 3.05) is 11.1 Å². The van der Waals surface area contributed by atoms with Crippen molar-refractivity contribution < 1.29 is 4.79 Å². The van der Waals surface area contributed by atoms with Crippen LogP contribution in [0.1, 0.15) is 5.82 Å². The molecule has 0 radical (unpaired) electrons. The van der Waals surface area contributed by atoms with Gasteiger partial charge < -0.3 is 5.32 Å².